The predicted octanol–water partition coefficient (Wildman–Crippen LogP) is 4.11. The molecule has 0 rings (SSSR count). The van der Waals surface area contributed by atoms with E-state index < -0.39 is 9.17 Å². The molecule has 4 heteroatoms. The second kappa shape index (κ2) is 14.7. The zero-order valence-electron chi connectivity index (χ0n) is 12.0. The third-order valence-corrected chi connectivity index (χ3v) is 3.67. The molecule has 0 radical (unpaired) electrons. The van der Waals surface area contributed by atoms with E-state index in [9.17, 15) is 4.46 Å². The van der Waals surface area contributed by atoms with Gasteiger partial charge in [0.05, 0.1) is 6.61 Å². The first-order valence-corrected chi connectivity index (χ1v) is 8.89. The highest BCUT2D eigenvalue weighted by molar-refractivity contribution is 6.24. The summed E-state index contributed by atoms with van der Waals surface area (Å²) < 4.78 is 14.9. The van der Waals surface area contributed by atoms with Crippen LogP contribution in [0.1, 0.15) is 84.0 Å². The van der Waals surface area contributed by atoms with Crippen LogP contribution in [-0.2, 0) is 8.89 Å². The van der Waals surface area contributed by atoms with Crippen LogP contribution in [0.25, 0.3) is 0 Å². The highest BCUT2D eigenvalue weighted by Crippen LogP contribution is 2.11. The van der Waals surface area contributed by atoms with E-state index in [-0.39, 0.29) is 0 Å². The van der Waals surface area contributed by atoms with Gasteiger partial charge in [-0.05, 0) is 6.42 Å². The first kappa shape index (κ1) is 17.6. The van der Waals surface area contributed by atoms with Crippen molar-refractivity contribution in [2.75, 3.05) is 6.61 Å². The van der Waals surface area contributed by atoms with Crippen molar-refractivity contribution in [1.82, 2.24) is 0 Å². The lowest BCUT2D eigenvalue weighted by Crippen LogP contribution is -2.06. The van der Waals surface area contributed by atoms with Crippen molar-refractivity contribution in [3.05, 3.63) is 0 Å². The van der Waals surface area contributed by atoms with Crippen molar-refractivity contribution in [3.8, 4) is 0 Å². The van der Waals surface area contributed by atoms with Crippen molar-refractivity contribution in [2.45, 2.75) is 84.0 Å². The molecule has 0 heterocycles. The third kappa shape index (κ3) is 15.6. The Labute approximate surface area is 114 Å². The van der Waals surface area contributed by atoms with E-state index >= 15 is 0 Å². The van der Waals surface area contributed by atoms with Crippen molar-refractivity contribution in [1.29, 1.82) is 0 Å². The molecule has 108 valence electrons. The van der Waals surface area contributed by atoms with Crippen LogP contribution in [0.4, 0.5) is 0 Å². The number of unbranched alkanes of at least 4 members (excludes halogenated alkanes) is 11. The SMILES string of the molecule is CCCCCCCCCCCCCCO[Si](=O)O. The van der Waals surface area contributed by atoms with Crippen molar-refractivity contribution in [3.63, 3.8) is 0 Å². The average Bonchev–Trinajstić information content (AvgIpc) is 2.34. The lowest BCUT2D eigenvalue weighted by molar-refractivity contribution is 0.218. The molecule has 0 aromatic heterocycles. The highest BCUT2D eigenvalue weighted by Gasteiger charge is 2.01. The average molecular weight is 274 g/mol. The summed E-state index contributed by atoms with van der Waals surface area (Å²) in [6, 6.07) is 0. The largest absolute Gasteiger partial charge is 0.764 e. The van der Waals surface area contributed by atoms with Gasteiger partial charge in [0, 0.05) is 0 Å². The minimum Gasteiger partial charge on any atom is -0.511 e. The lowest BCUT2D eigenvalue weighted by atomic mass is 10.1. The van der Waals surface area contributed by atoms with E-state index in [1.165, 1.54) is 64.2 Å². The summed E-state index contributed by atoms with van der Waals surface area (Å²) in [5.74, 6) is 0. The van der Waals surface area contributed by atoms with Crippen molar-refractivity contribution in [2.24, 2.45) is 0 Å². The molecule has 0 spiro atoms. The summed E-state index contributed by atoms with van der Waals surface area (Å²) in [7, 11) is -2.70. The molecule has 1 N–H and O–H groups in total. The summed E-state index contributed by atoms with van der Waals surface area (Å²) in [5.41, 5.74) is 0. The number of hydrogen-bond donors (Lipinski definition) is 1. The zero-order valence-corrected chi connectivity index (χ0v) is 13.0. The first-order chi connectivity index (χ1) is 8.77. The van der Waals surface area contributed by atoms with Crippen molar-refractivity contribution < 1.29 is 13.7 Å². The Kier molecular flexibility index (Phi) is 14.4. The fourth-order valence-corrected chi connectivity index (χ4v) is 2.42. The molecule has 0 amide bonds. The van der Waals surface area contributed by atoms with E-state index in [4.69, 9.17) is 4.80 Å². The van der Waals surface area contributed by atoms with E-state index in [0.29, 0.717) is 6.61 Å². The van der Waals surface area contributed by atoms with Gasteiger partial charge in [-0.15, -0.1) is 0 Å². The normalized spacial score (nSPS) is 10.5. The fourth-order valence-electron chi connectivity index (χ4n) is 2.10. The monoisotopic (exact) mass is 274 g/mol. The zero-order chi connectivity index (χ0) is 13.5. The van der Waals surface area contributed by atoms with Gasteiger partial charge in [0.25, 0.3) is 0 Å². The predicted molar refractivity (Wildman–Crippen MR) is 75.7 cm³/mol. The molecule has 0 aliphatic rings. The molecule has 0 saturated heterocycles. The summed E-state index contributed by atoms with van der Waals surface area (Å²) in [4.78, 5) is 8.45. The van der Waals surface area contributed by atoms with Gasteiger partial charge in [-0.2, -0.15) is 0 Å². The molecule has 0 fully saturated rings. The molecule has 18 heavy (non-hydrogen) atoms. The van der Waals surface area contributed by atoms with Gasteiger partial charge in [-0.3, -0.25) is 4.46 Å². The van der Waals surface area contributed by atoms with Crippen LogP contribution in [-0.4, -0.2) is 20.6 Å². The highest BCUT2D eigenvalue weighted by atomic mass is 28.3. The molecule has 0 aromatic rings. The van der Waals surface area contributed by atoms with Gasteiger partial charge in [0.2, 0.25) is 0 Å². The van der Waals surface area contributed by atoms with Gasteiger partial charge < -0.3 is 9.22 Å². The van der Waals surface area contributed by atoms with Crippen LogP contribution >= 0.6 is 0 Å². The topological polar surface area (TPSA) is 46.5 Å². The minimum absolute atomic E-state index is 0.436. The Morgan fingerprint density at radius 3 is 1.56 bits per heavy atom. The van der Waals surface area contributed by atoms with Crippen molar-refractivity contribution >= 4 is 9.17 Å². The van der Waals surface area contributed by atoms with Gasteiger partial charge in [0.1, 0.15) is 0 Å². The van der Waals surface area contributed by atoms with Crippen LogP contribution in [0.5, 0.6) is 0 Å². The molecular formula is C14H30O3Si. The van der Waals surface area contributed by atoms with Crippen LogP contribution < -0.4 is 0 Å². The smallest absolute Gasteiger partial charge is 0.511 e. The maximum absolute atomic E-state index is 10.3. The second-order valence-electron chi connectivity index (χ2n) is 5.00. The standard InChI is InChI=1S/C14H30O3Si/c1-2-3-4-5-6-7-8-9-10-11-12-13-14-17-18(15)16/h15H,2-14H2,1H3. The quantitative estimate of drug-likeness (QED) is 0.383. The summed E-state index contributed by atoms with van der Waals surface area (Å²) in [5, 5.41) is 0. The Morgan fingerprint density at radius 1 is 0.778 bits per heavy atom. The molecule has 0 aliphatic carbocycles. The van der Waals surface area contributed by atoms with Crippen LogP contribution in [0.15, 0.2) is 0 Å². The summed E-state index contributed by atoms with van der Waals surface area (Å²) in [6.45, 7) is 2.69. The van der Waals surface area contributed by atoms with Gasteiger partial charge >= 0.3 is 9.17 Å². The van der Waals surface area contributed by atoms with Gasteiger partial charge in [0.15, 0.2) is 0 Å². The fraction of sp³-hybridized carbons (Fsp3) is 1.00. The lowest BCUT2D eigenvalue weighted by Gasteiger charge is -2.03. The number of hydrogen-bond acceptors (Lipinski definition) is 2. The molecule has 3 nitrogen and oxygen atoms in total. The first-order valence-electron chi connectivity index (χ1n) is 7.63. The van der Waals surface area contributed by atoms with Gasteiger partial charge in [-0.25, -0.2) is 0 Å². The summed E-state index contributed by atoms with van der Waals surface area (Å²) in [6.07, 6.45) is 15.6. The van der Waals surface area contributed by atoms with Crippen LogP contribution in [0, 0.1) is 0 Å². The molecule has 0 aromatic carbocycles. The maximum atomic E-state index is 10.3. The molecule has 0 unspecified atom stereocenters. The van der Waals surface area contributed by atoms with Crippen LogP contribution in [0.2, 0.25) is 0 Å². The number of rotatable bonds is 14. The Balaban J connectivity index is 2.92. The summed E-state index contributed by atoms with van der Waals surface area (Å²) >= 11 is 0. The maximum Gasteiger partial charge on any atom is 0.764 e. The van der Waals surface area contributed by atoms with E-state index in [2.05, 4.69) is 11.3 Å². The molecular weight excluding hydrogens is 244 g/mol. The minimum atomic E-state index is -2.70. The molecule has 0 saturated carbocycles. The van der Waals surface area contributed by atoms with Gasteiger partial charge in [-0.1, -0.05) is 77.6 Å². The molecule has 0 atom stereocenters. The molecule has 0 aliphatic heterocycles. The Morgan fingerprint density at radius 2 is 1.17 bits per heavy atom. The van der Waals surface area contributed by atoms with Crippen LogP contribution in [0.3, 0.4) is 0 Å². The third-order valence-electron chi connectivity index (χ3n) is 3.22. The van der Waals surface area contributed by atoms with E-state index in [0.717, 1.165) is 12.8 Å². The van der Waals surface area contributed by atoms with E-state index in [1.807, 2.05) is 0 Å². The second-order valence-corrected chi connectivity index (χ2v) is 5.82. The molecule has 0 bridgehead atoms. The Bertz CT molecular complexity index is 186. The van der Waals surface area contributed by atoms with E-state index in [1.54, 1.807) is 0 Å². The Hall–Kier alpha value is -0.383.